The summed E-state index contributed by atoms with van der Waals surface area (Å²) >= 11 is 1.06. The highest BCUT2D eigenvalue weighted by Crippen LogP contribution is 2.39. The molecule has 1 amide bonds. The van der Waals surface area contributed by atoms with Gasteiger partial charge in [0.1, 0.15) is 24.2 Å². The number of aromatic amines is 1. The molecule has 4 aromatic heterocycles. The maximum atomic E-state index is 14.4. The van der Waals surface area contributed by atoms with Gasteiger partial charge >= 0.3 is 0 Å². The van der Waals surface area contributed by atoms with Gasteiger partial charge < -0.3 is 10.2 Å². The van der Waals surface area contributed by atoms with Gasteiger partial charge in [0.15, 0.2) is 5.82 Å². The molecule has 13 heteroatoms. The number of anilines is 4. The lowest BCUT2D eigenvalue weighted by Gasteiger charge is -2.23. The number of amides is 1. The van der Waals surface area contributed by atoms with Crippen molar-refractivity contribution in [2.24, 2.45) is 0 Å². The second kappa shape index (κ2) is 7.51. The molecule has 1 aliphatic carbocycles. The van der Waals surface area contributed by atoms with Crippen molar-refractivity contribution in [1.82, 2.24) is 33.9 Å². The zero-order chi connectivity index (χ0) is 21.7. The molecule has 5 heterocycles. The molecule has 11 nitrogen and oxygen atoms in total. The molecule has 2 aliphatic rings. The third kappa shape index (κ3) is 3.53. The van der Waals surface area contributed by atoms with Gasteiger partial charge in [0.25, 0.3) is 0 Å². The number of carbonyl (C=O) groups is 1. The Hall–Kier alpha value is -3.61. The summed E-state index contributed by atoms with van der Waals surface area (Å²) < 4.78 is 20.1. The average molecular weight is 454 g/mol. The number of H-pyrrole nitrogens is 1. The predicted molar refractivity (Wildman–Crippen MR) is 116 cm³/mol. The van der Waals surface area contributed by atoms with Gasteiger partial charge in [0.05, 0.1) is 6.54 Å². The summed E-state index contributed by atoms with van der Waals surface area (Å²) in [5.74, 6) is 1.58. The van der Waals surface area contributed by atoms with Gasteiger partial charge in [-0.15, -0.1) is 0 Å². The summed E-state index contributed by atoms with van der Waals surface area (Å²) in [6, 6.07) is 4.89. The highest BCUT2D eigenvalue weighted by Gasteiger charge is 2.39. The standard InChI is InChI=1S/C19H19FN10OS/c20-11-6-13(16(31)25-19-21-9-22-32-19)30(8-11)18-24-15-2-1-5-29(15)17(26-18)23-14-7-12(27-28-14)10-3-4-10/h1-2,5,7,9-11,13H,3-4,6,8H2,(H,21,22,25,31)(H2,23,24,26,27,28)/t11-,13+/m1/s1. The van der Waals surface area contributed by atoms with E-state index in [1.54, 1.807) is 9.30 Å². The first kappa shape index (κ1) is 19.1. The molecule has 164 valence electrons. The summed E-state index contributed by atoms with van der Waals surface area (Å²) in [6.07, 6.45) is 4.40. The van der Waals surface area contributed by atoms with Crippen molar-refractivity contribution < 1.29 is 9.18 Å². The Morgan fingerprint density at radius 2 is 2.22 bits per heavy atom. The Morgan fingerprint density at radius 1 is 1.31 bits per heavy atom. The summed E-state index contributed by atoms with van der Waals surface area (Å²) in [7, 11) is 0. The fourth-order valence-corrected chi connectivity index (χ4v) is 4.36. The molecule has 3 N–H and O–H groups in total. The van der Waals surface area contributed by atoms with E-state index in [-0.39, 0.29) is 24.8 Å². The van der Waals surface area contributed by atoms with Crippen LogP contribution >= 0.6 is 11.5 Å². The van der Waals surface area contributed by atoms with Crippen molar-refractivity contribution in [2.75, 3.05) is 22.1 Å². The van der Waals surface area contributed by atoms with Crippen molar-refractivity contribution in [3.63, 3.8) is 0 Å². The molecule has 0 unspecified atom stereocenters. The number of carbonyl (C=O) groups excluding carboxylic acids is 1. The van der Waals surface area contributed by atoms with Gasteiger partial charge in [-0.25, -0.2) is 9.37 Å². The number of halogens is 1. The van der Waals surface area contributed by atoms with E-state index in [0.29, 0.717) is 28.5 Å². The molecule has 0 bridgehead atoms. The van der Waals surface area contributed by atoms with Crippen LogP contribution in [0.4, 0.5) is 27.2 Å². The molecule has 4 aromatic rings. The van der Waals surface area contributed by atoms with Crippen LogP contribution in [0, 0.1) is 0 Å². The van der Waals surface area contributed by atoms with Crippen LogP contribution in [0.3, 0.4) is 0 Å². The molecule has 6 rings (SSSR count). The van der Waals surface area contributed by atoms with E-state index >= 15 is 0 Å². The van der Waals surface area contributed by atoms with Gasteiger partial charge in [-0.3, -0.25) is 19.6 Å². The lowest BCUT2D eigenvalue weighted by atomic mass is 10.2. The van der Waals surface area contributed by atoms with E-state index in [1.807, 2.05) is 24.4 Å². The highest BCUT2D eigenvalue weighted by molar-refractivity contribution is 7.09. The lowest BCUT2D eigenvalue weighted by Crippen LogP contribution is -2.40. The number of aromatic nitrogens is 7. The maximum Gasteiger partial charge on any atom is 0.249 e. The van der Waals surface area contributed by atoms with Crippen molar-refractivity contribution in [3.8, 4) is 0 Å². The topological polar surface area (TPSA) is 129 Å². The summed E-state index contributed by atoms with van der Waals surface area (Å²) in [5, 5.41) is 13.7. The molecule has 0 aromatic carbocycles. The molecule has 2 fully saturated rings. The van der Waals surface area contributed by atoms with Gasteiger partial charge in [-0.1, -0.05) is 0 Å². The molecule has 2 atom stereocenters. The fraction of sp³-hybridized carbons (Fsp3) is 0.368. The van der Waals surface area contributed by atoms with Crippen molar-refractivity contribution >= 4 is 45.9 Å². The quantitative estimate of drug-likeness (QED) is 0.405. The Balaban J connectivity index is 1.31. The third-order valence-electron chi connectivity index (χ3n) is 5.63. The van der Waals surface area contributed by atoms with E-state index in [2.05, 4.69) is 40.2 Å². The third-order valence-corrected chi connectivity index (χ3v) is 6.21. The van der Waals surface area contributed by atoms with Crippen LogP contribution in [0.5, 0.6) is 0 Å². The maximum absolute atomic E-state index is 14.4. The fourth-order valence-electron chi connectivity index (χ4n) is 3.92. The first-order valence-corrected chi connectivity index (χ1v) is 11.1. The van der Waals surface area contributed by atoms with Crippen molar-refractivity contribution in [3.05, 3.63) is 36.4 Å². The molecule has 32 heavy (non-hydrogen) atoms. The number of fused-ring (bicyclic) bond motifs is 1. The summed E-state index contributed by atoms with van der Waals surface area (Å²) in [5.41, 5.74) is 1.72. The highest BCUT2D eigenvalue weighted by atomic mass is 32.1. The van der Waals surface area contributed by atoms with Gasteiger partial charge in [0.2, 0.25) is 22.9 Å². The number of hydrogen-bond donors (Lipinski definition) is 3. The van der Waals surface area contributed by atoms with Gasteiger partial charge in [-0.05, 0) is 25.0 Å². The molecule has 1 aliphatic heterocycles. The minimum atomic E-state index is -1.17. The van der Waals surface area contributed by atoms with Gasteiger partial charge in [0, 0.05) is 41.8 Å². The normalized spacial score (nSPS) is 20.7. The number of rotatable bonds is 6. The molecular weight excluding hydrogens is 435 g/mol. The Labute approximate surface area is 185 Å². The van der Waals surface area contributed by atoms with E-state index in [9.17, 15) is 9.18 Å². The van der Waals surface area contributed by atoms with E-state index in [0.717, 1.165) is 17.2 Å². The monoisotopic (exact) mass is 454 g/mol. The van der Waals surface area contributed by atoms with E-state index < -0.39 is 12.2 Å². The van der Waals surface area contributed by atoms with Crippen LogP contribution in [0.15, 0.2) is 30.7 Å². The molecule has 1 saturated heterocycles. The molecular formula is C19H19FN10OS. The van der Waals surface area contributed by atoms with Crippen LogP contribution in [0.2, 0.25) is 0 Å². The van der Waals surface area contributed by atoms with Crippen LogP contribution in [-0.4, -0.2) is 58.6 Å². The zero-order valence-corrected chi connectivity index (χ0v) is 17.6. The Kier molecular flexibility index (Phi) is 4.48. The molecule has 1 saturated carbocycles. The van der Waals surface area contributed by atoms with E-state index in [1.165, 1.54) is 19.2 Å². The smallest absolute Gasteiger partial charge is 0.249 e. The minimum Gasteiger partial charge on any atom is -0.326 e. The number of hydrogen-bond acceptors (Lipinski definition) is 9. The predicted octanol–water partition coefficient (Wildman–Crippen LogP) is 2.48. The van der Waals surface area contributed by atoms with Crippen molar-refractivity contribution in [1.29, 1.82) is 0 Å². The van der Waals surface area contributed by atoms with Crippen LogP contribution in [-0.2, 0) is 4.79 Å². The second-order valence-corrected chi connectivity index (χ2v) is 8.71. The lowest BCUT2D eigenvalue weighted by molar-refractivity contribution is -0.117. The largest absolute Gasteiger partial charge is 0.326 e. The minimum absolute atomic E-state index is 0.0265. The second-order valence-electron chi connectivity index (χ2n) is 7.93. The number of nitrogens with one attached hydrogen (secondary N) is 3. The molecule has 0 spiro atoms. The van der Waals surface area contributed by atoms with Crippen LogP contribution < -0.4 is 15.5 Å². The first-order valence-electron chi connectivity index (χ1n) is 10.3. The van der Waals surface area contributed by atoms with Crippen LogP contribution in [0.1, 0.15) is 30.9 Å². The van der Waals surface area contributed by atoms with Crippen molar-refractivity contribution in [2.45, 2.75) is 37.4 Å². The first-order chi connectivity index (χ1) is 15.6. The van der Waals surface area contributed by atoms with E-state index in [4.69, 9.17) is 0 Å². The Morgan fingerprint density at radius 3 is 3.03 bits per heavy atom. The molecule has 0 radical (unpaired) electrons. The summed E-state index contributed by atoms with van der Waals surface area (Å²) in [4.78, 5) is 27.6. The SMILES string of the molecule is O=C(Nc1ncns1)[C@@H]1C[C@@H](F)CN1c1nc(Nc2cc(C3CC3)[nH]n2)n2cccc2n1. The summed E-state index contributed by atoms with van der Waals surface area (Å²) in [6.45, 7) is 0.0265. The average Bonchev–Trinajstić information content (AvgIpc) is 3.21. The Bertz CT molecular complexity index is 1270. The number of alkyl halides is 1. The van der Waals surface area contributed by atoms with Gasteiger partial charge in [-0.2, -0.15) is 19.4 Å². The zero-order valence-electron chi connectivity index (χ0n) is 16.8. The van der Waals surface area contributed by atoms with Crippen LogP contribution in [0.25, 0.3) is 5.65 Å². The number of nitrogens with zero attached hydrogens (tertiary/aromatic N) is 7.